The van der Waals surface area contributed by atoms with Gasteiger partial charge in [-0.25, -0.2) is 4.98 Å². The van der Waals surface area contributed by atoms with Crippen molar-refractivity contribution in [2.75, 3.05) is 0 Å². The lowest BCUT2D eigenvalue weighted by Crippen LogP contribution is -2.48. The van der Waals surface area contributed by atoms with Gasteiger partial charge in [-0.15, -0.1) is 0 Å². The van der Waals surface area contributed by atoms with Gasteiger partial charge < -0.3 is 4.57 Å². The van der Waals surface area contributed by atoms with Crippen LogP contribution in [-0.4, -0.2) is 20.7 Å². The second-order valence-corrected chi connectivity index (χ2v) is 15.1. The molecule has 0 aliphatic carbocycles. The Hall–Kier alpha value is -7.43. The van der Waals surface area contributed by atoms with Gasteiger partial charge in [-0.1, -0.05) is 174 Å². The van der Waals surface area contributed by atoms with Crippen molar-refractivity contribution in [2.45, 2.75) is 0 Å². The van der Waals surface area contributed by atoms with Crippen molar-refractivity contribution >= 4 is 61.3 Å². The molecular formula is C53H34BN3. The first-order chi connectivity index (χ1) is 28.3. The van der Waals surface area contributed by atoms with Crippen LogP contribution in [0.1, 0.15) is 0 Å². The van der Waals surface area contributed by atoms with Crippen molar-refractivity contribution in [3.8, 4) is 50.5 Å². The average molecular weight is 724 g/mol. The van der Waals surface area contributed by atoms with Crippen molar-refractivity contribution in [2.24, 2.45) is 0 Å². The molecule has 11 aromatic rings. The van der Waals surface area contributed by atoms with Crippen molar-refractivity contribution in [1.29, 1.82) is 0 Å². The van der Waals surface area contributed by atoms with Crippen LogP contribution in [0.15, 0.2) is 206 Å². The lowest BCUT2D eigenvalue weighted by atomic mass is 9.39. The highest BCUT2D eigenvalue weighted by Gasteiger charge is 2.35. The summed E-state index contributed by atoms with van der Waals surface area (Å²) < 4.78 is 4.67. The zero-order valence-electron chi connectivity index (χ0n) is 31.0. The van der Waals surface area contributed by atoms with E-state index in [0.717, 1.165) is 33.5 Å². The van der Waals surface area contributed by atoms with Crippen LogP contribution in [-0.2, 0) is 0 Å². The van der Waals surface area contributed by atoms with E-state index in [0.29, 0.717) is 0 Å². The largest absolute Gasteiger partial charge is 0.309 e. The van der Waals surface area contributed by atoms with Gasteiger partial charge in [0, 0.05) is 39.2 Å². The maximum atomic E-state index is 5.33. The number of para-hydroxylation sites is 2. The summed E-state index contributed by atoms with van der Waals surface area (Å²) >= 11 is 0. The van der Waals surface area contributed by atoms with Gasteiger partial charge in [-0.2, -0.15) is 0 Å². The van der Waals surface area contributed by atoms with Crippen molar-refractivity contribution < 1.29 is 0 Å². The number of imidazole rings is 1. The molecule has 0 atom stereocenters. The standard InChI is InChI=1S/C53H34BN3/c1-4-15-38(16-5-1)52-51(55-53-42-21-11-10-14-36(42)30-31-56(52)53)37-26-24-35(25-27-37)39-28-29-47-44(32-39)45-33-46-43-22-12-13-23-49(43)57(41-19-8-3-9-20-41)50(46)34-48(45)54(47)40-17-6-2-7-18-40/h1-34H. The molecule has 8 aromatic carbocycles. The summed E-state index contributed by atoms with van der Waals surface area (Å²) in [6, 6.07) is 72.9. The van der Waals surface area contributed by atoms with E-state index in [1.165, 1.54) is 71.5 Å². The normalized spacial score (nSPS) is 12.2. The molecular weight excluding hydrogens is 689 g/mol. The molecule has 57 heavy (non-hydrogen) atoms. The molecule has 0 bridgehead atoms. The maximum Gasteiger partial charge on any atom is 0.242 e. The Bertz CT molecular complexity index is 3330. The second kappa shape index (κ2) is 12.6. The lowest BCUT2D eigenvalue weighted by molar-refractivity contribution is 1.18. The molecule has 3 nitrogen and oxygen atoms in total. The average Bonchev–Trinajstić information content (AvgIpc) is 3.94. The minimum absolute atomic E-state index is 0.141. The lowest BCUT2D eigenvalue weighted by Gasteiger charge is -2.13. The molecule has 0 saturated heterocycles. The molecule has 1 aliphatic heterocycles. The molecule has 12 rings (SSSR count). The molecule has 0 N–H and O–H groups in total. The van der Waals surface area contributed by atoms with Crippen molar-refractivity contribution in [3.05, 3.63) is 206 Å². The van der Waals surface area contributed by atoms with E-state index in [1.807, 2.05) is 0 Å². The van der Waals surface area contributed by atoms with Crippen LogP contribution in [0.2, 0.25) is 0 Å². The van der Waals surface area contributed by atoms with Crippen LogP contribution in [0.25, 0.3) is 88.7 Å². The molecule has 264 valence electrons. The summed E-state index contributed by atoms with van der Waals surface area (Å²) in [6.07, 6.45) is 2.16. The molecule has 0 spiro atoms. The highest BCUT2D eigenvalue weighted by Crippen LogP contribution is 2.39. The van der Waals surface area contributed by atoms with E-state index in [-0.39, 0.29) is 6.71 Å². The molecule has 0 fully saturated rings. The van der Waals surface area contributed by atoms with Crippen molar-refractivity contribution in [3.63, 3.8) is 0 Å². The Morgan fingerprint density at radius 3 is 1.88 bits per heavy atom. The summed E-state index contributed by atoms with van der Waals surface area (Å²) in [5.41, 5.74) is 17.9. The molecule has 4 heterocycles. The van der Waals surface area contributed by atoms with Gasteiger partial charge in [0.05, 0.1) is 22.4 Å². The third-order valence-electron chi connectivity index (χ3n) is 12.0. The van der Waals surface area contributed by atoms with Crippen LogP contribution in [0, 0.1) is 0 Å². The monoisotopic (exact) mass is 723 g/mol. The van der Waals surface area contributed by atoms with Gasteiger partial charge >= 0.3 is 0 Å². The summed E-state index contributed by atoms with van der Waals surface area (Å²) in [5.74, 6) is 0. The molecule has 0 unspecified atom stereocenters. The highest BCUT2D eigenvalue weighted by atomic mass is 15.0. The van der Waals surface area contributed by atoms with Crippen LogP contribution >= 0.6 is 0 Å². The van der Waals surface area contributed by atoms with Crippen LogP contribution in [0.5, 0.6) is 0 Å². The predicted molar refractivity (Wildman–Crippen MR) is 240 cm³/mol. The van der Waals surface area contributed by atoms with Gasteiger partial charge in [0.25, 0.3) is 0 Å². The van der Waals surface area contributed by atoms with E-state index in [9.17, 15) is 0 Å². The SMILES string of the molecule is c1ccc(B2c3ccc(-c4ccc(-c5nc6c7ccccc7ccn6c5-c5ccccc5)cc4)cc3-c3cc4c5ccccc5n(-c5ccccc5)c4cc32)cc1. The fraction of sp³-hybridized carbons (Fsp3) is 0. The third-order valence-corrected chi connectivity index (χ3v) is 12.0. The number of pyridine rings is 1. The third kappa shape index (κ3) is 4.90. The minimum atomic E-state index is 0.141. The number of benzene rings is 8. The molecule has 3 aromatic heterocycles. The number of hydrogen-bond donors (Lipinski definition) is 0. The second-order valence-electron chi connectivity index (χ2n) is 15.1. The van der Waals surface area contributed by atoms with E-state index in [4.69, 9.17) is 4.98 Å². The Morgan fingerprint density at radius 1 is 0.421 bits per heavy atom. The zero-order valence-corrected chi connectivity index (χ0v) is 31.0. The number of rotatable bonds is 5. The number of aromatic nitrogens is 3. The van der Waals surface area contributed by atoms with Gasteiger partial charge in [0.1, 0.15) is 5.65 Å². The van der Waals surface area contributed by atoms with E-state index in [2.05, 4.69) is 215 Å². The van der Waals surface area contributed by atoms with E-state index < -0.39 is 0 Å². The molecule has 1 aliphatic rings. The first-order valence-corrected chi connectivity index (χ1v) is 19.7. The van der Waals surface area contributed by atoms with Crippen LogP contribution in [0.3, 0.4) is 0 Å². The zero-order chi connectivity index (χ0) is 37.5. The summed E-state index contributed by atoms with van der Waals surface area (Å²) in [6.45, 7) is 0.141. The summed E-state index contributed by atoms with van der Waals surface area (Å²) in [7, 11) is 0. The van der Waals surface area contributed by atoms with Gasteiger partial charge in [0.15, 0.2) is 0 Å². The smallest absolute Gasteiger partial charge is 0.242 e. The first-order valence-electron chi connectivity index (χ1n) is 19.7. The maximum absolute atomic E-state index is 5.33. The summed E-state index contributed by atoms with van der Waals surface area (Å²) in [4.78, 5) is 5.33. The van der Waals surface area contributed by atoms with Crippen LogP contribution in [0.4, 0.5) is 0 Å². The summed E-state index contributed by atoms with van der Waals surface area (Å²) in [5, 5.41) is 4.88. The fourth-order valence-electron chi connectivity index (χ4n) is 9.41. The Balaban J connectivity index is 1.01. The predicted octanol–water partition coefficient (Wildman–Crippen LogP) is 11.1. The fourth-order valence-corrected chi connectivity index (χ4v) is 9.41. The van der Waals surface area contributed by atoms with Gasteiger partial charge in [-0.3, -0.25) is 4.40 Å². The Labute approximate surface area is 330 Å². The number of fused-ring (bicyclic) bond motifs is 9. The van der Waals surface area contributed by atoms with Crippen molar-refractivity contribution in [1.82, 2.24) is 14.0 Å². The van der Waals surface area contributed by atoms with Gasteiger partial charge in [-0.05, 0) is 70.1 Å². The van der Waals surface area contributed by atoms with E-state index in [1.54, 1.807) is 0 Å². The number of hydrogen-bond acceptors (Lipinski definition) is 1. The molecule has 0 saturated carbocycles. The van der Waals surface area contributed by atoms with Gasteiger partial charge in [0.2, 0.25) is 6.71 Å². The Kier molecular flexibility index (Phi) is 7.02. The molecule has 0 radical (unpaired) electrons. The molecule has 4 heteroatoms. The molecule has 0 amide bonds. The number of nitrogens with zero attached hydrogens (tertiary/aromatic N) is 3. The minimum Gasteiger partial charge on any atom is -0.309 e. The van der Waals surface area contributed by atoms with Crippen LogP contribution < -0.4 is 16.4 Å². The Morgan fingerprint density at radius 2 is 1.07 bits per heavy atom. The quantitative estimate of drug-likeness (QED) is 0.162. The topological polar surface area (TPSA) is 22.2 Å². The highest BCUT2D eigenvalue weighted by molar-refractivity contribution is 6.99. The van der Waals surface area contributed by atoms with E-state index >= 15 is 0 Å². The first kappa shape index (κ1) is 31.9.